The van der Waals surface area contributed by atoms with Gasteiger partial charge in [0.05, 0.1) is 5.69 Å². The second-order valence-corrected chi connectivity index (χ2v) is 5.52. The van der Waals surface area contributed by atoms with Gasteiger partial charge in [0.15, 0.2) is 0 Å². The predicted octanol–water partition coefficient (Wildman–Crippen LogP) is 3.40. The zero-order valence-electron chi connectivity index (χ0n) is 10.9. The van der Waals surface area contributed by atoms with Crippen LogP contribution in [0.1, 0.15) is 25.0 Å². The van der Waals surface area contributed by atoms with E-state index >= 15 is 0 Å². The van der Waals surface area contributed by atoms with Crippen molar-refractivity contribution in [2.45, 2.75) is 31.7 Å². The van der Waals surface area contributed by atoms with Crippen molar-refractivity contribution in [3.8, 4) is 0 Å². The van der Waals surface area contributed by atoms with Crippen molar-refractivity contribution in [1.29, 1.82) is 0 Å². The monoisotopic (exact) mass is 238 g/mol. The molecule has 0 aliphatic heterocycles. The summed E-state index contributed by atoms with van der Waals surface area (Å²) in [7, 11) is 0. The average molecular weight is 238 g/mol. The Morgan fingerprint density at radius 3 is 2.72 bits per heavy atom. The van der Waals surface area contributed by atoms with Crippen molar-refractivity contribution in [3.05, 3.63) is 59.9 Å². The predicted molar refractivity (Wildman–Crippen MR) is 74.8 cm³/mol. The Morgan fingerprint density at radius 2 is 2.00 bits per heavy atom. The number of fused-ring (bicyclic) bond motifs is 1. The first kappa shape index (κ1) is 11.3. The van der Waals surface area contributed by atoms with Crippen LogP contribution < -0.4 is 5.32 Å². The van der Waals surface area contributed by atoms with E-state index in [4.69, 9.17) is 0 Å². The molecule has 0 saturated heterocycles. The van der Waals surface area contributed by atoms with Gasteiger partial charge in [-0.25, -0.2) is 0 Å². The molecule has 2 heteroatoms. The number of nitrogens with zero attached hydrogens (tertiary/aromatic N) is 1. The second-order valence-electron chi connectivity index (χ2n) is 5.52. The van der Waals surface area contributed by atoms with Gasteiger partial charge in [0.2, 0.25) is 0 Å². The highest BCUT2D eigenvalue weighted by molar-refractivity contribution is 5.48. The first-order chi connectivity index (χ1) is 8.68. The number of aromatic nitrogens is 1. The maximum Gasteiger partial charge on any atom is 0.0529 e. The highest BCUT2D eigenvalue weighted by Gasteiger charge is 2.38. The van der Waals surface area contributed by atoms with E-state index in [0.717, 1.165) is 12.1 Å². The van der Waals surface area contributed by atoms with E-state index in [9.17, 15) is 0 Å². The molecule has 0 saturated carbocycles. The van der Waals surface area contributed by atoms with Crippen molar-refractivity contribution >= 4 is 5.69 Å². The minimum absolute atomic E-state index is 0.159. The summed E-state index contributed by atoms with van der Waals surface area (Å²) in [4.78, 5) is 4.16. The third kappa shape index (κ3) is 1.78. The van der Waals surface area contributed by atoms with Gasteiger partial charge in [0.25, 0.3) is 0 Å². The fourth-order valence-corrected chi connectivity index (χ4v) is 2.87. The summed E-state index contributed by atoms with van der Waals surface area (Å²) in [6, 6.07) is 13.2. The molecule has 1 unspecified atom stereocenters. The van der Waals surface area contributed by atoms with Crippen LogP contribution in [0, 0.1) is 0 Å². The minimum atomic E-state index is 0.159. The van der Waals surface area contributed by atoms with Crippen LogP contribution in [0.3, 0.4) is 0 Å². The lowest BCUT2D eigenvalue weighted by atomic mass is 9.83. The number of benzene rings is 1. The molecule has 0 fully saturated rings. The van der Waals surface area contributed by atoms with Gasteiger partial charge < -0.3 is 5.32 Å². The number of rotatable bonds is 2. The topological polar surface area (TPSA) is 24.9 Å². The van der Waals surface area contributed by atoms with Gasteiger partial charge in [-0.1, -0.05) is 38.1 Å². The summed E-state index contributed by atoms with van der Waals surface area (Å²) in [5.41, 5.74) is 4.19. The van der Waals surface area contributed by atoms with Gasteiger partial charge in [-0.3, -0.25) is 4.98 Å². The Balaban J connectivity index is 1.89. The van der Waals surface area contributed by atoms with Crippen LogP contribution in [0.25, 0.3) is 0 Å². The number of anilines is 1. The molecule has 3 rings (SSSR count). The largest absolute Gasteiger partial charge is 0.380 e. The van der Waals surface area contributed by atoms with Gasteiger partial charge in [-0.2, -0.15) is 0 Å². The van der Waals surface area contributed by atoms with Crippen LogP contribution in [0.5, 0.6) is 0 Å². The normalized spacial score (nSPS) is 20.4. The molecular formula is C16H18N2. The molecule has 1 N–H and O–H groups in total. The van der Waals surface area contributed by atoms with E-state index in [1.165, 1.54) is 11.1 Å². The molecule has 18 heavy (non-hydrogen) atoms. The Bertz CT molecular complexity index is 546. The molecule has 1 heterocycles. The Labute approximate surface area is 108 Å². The third-order valence-corrected chi connectivity index (χ3v) is 4.01. The standard InChI is InChI=1S/C16H18N2/c1-16(2)14-8-4-3-6-12(14)10-15(16)18-13-7-5-9-17-11-13/h3-9,11,15,18H,10H2,1-2H3. The lowest BCUT2D eigenvalue weighted by molar-refractivity contribution is 0.470. The summed E-state index contributed by atoms with van der Waals surface area (Å²) in [5, 5.41) is 3.62. The molecule has 0 amide bonds. The summed E-state index contributed by atoms with van der Waals surface area (Å²) >= 11 is 0. The van der Waals surface area contributed by atoms with E-state index in [1.807, 2.05) is 12.3 Å². The highest BCUT2D eigenvalue weighted by atomic mass is 15.0. The number of pyridine rings is 1. The molecule has 0 spiro atoms. The smallest absolute Gasteiger partial charge is 0.0529 e. The number of nitrogens with one attached hydrogen (secondary N) is 1. The van der Waals surface area contributed by atoms with Gasteiger partial charge in [-0.15, -0.1) is 0 Å². The van der Waals surface area contributed by atoms with E-state index < -0.39 is 0 Å². The Hall–Kier alpha value is -1.83. The molecule has 2 aromatic rings. The molecule has 1 aromatic carbocycles. The van der Waals surface area contributed by atoms with Crippen molar-refractivity contribution in [2.24, 2.45) is 0 Å². The number of hydrogen-bond donors (Lipinski definition) is 1. The van der Waals surface area contributed by atoms with Gasteiger partial charge in [0, 0.05) is 23.9 Å². The van der Waals surface area contributed by atoms with E-state index in [-0.39, 0.29) is 5.41 Å². The average Bonchev–Trinajstić information content (AvgIpc) is 2.63. The summed E-state index contributed by atoms with van der Waals surface area (Å²) in [6.07, 6.45) is 4.77. The van der Waals surface area contributed by atoms with Crippen molar-refractivity contribution < 1.29 is 0 Å². The molecule has 0 bridgehead atoms. The molecular weight excluding hydrogens is 220 g/mol. The highest BCUT2D eigenvalue weighted by Crippen LogP contribution is 2.39. The van der Waals surface area contributed by atoms with Crippen LogP contribution in [-0.2, 0) is 11.8 Å². The van der Waals surface area contributed by atoms with Crippen molar-refractivity contribution in [1.82, 2.24) is 4.98 Å². The lowest BCUT2D eigenvalue weighted by Gasteiger charge is -2.29. The zero-order chi connectivity index (χ0) is 12.6. The van der Waals surface area contributed by atoms with E-state index in [0.29, 0.717) is 6.04 Å². The maximum absolute atomic E-state index is 4.16. The van der Waals surface area contributed by atoms with Crippen LogP contribution in [0.15, 0.2) is 48.8 Å². The van der Waals surface area contributed by atoms with Crippen LogP contribution in [0.4, 0.5) is 5.69 Å². The molecule has 2 nitrogen and oxygen atoms in total. The minimum Gasteiger partial charge on any atom is -0.380 e. The SMILES string of the molecule is CC1(C)c2ccccc2CC1Nc1cccnc1. The quantitative estimate of drug-likeness (QED) is 0.867. The van der Waals surface area contributed by atoms with Gasteiger partial charge in [-0.05, 0) is 29.7 Å². The van der Waals surface area contributed by atoms with Crippen molar-refractivity contribution in [3.63, 3.8) is 0 Å². The molecule has 1 aromatic heterocycles. The van der Waals surface area contributed by atoms with E-state index in [2.05, 4.69) is 54.5 Å². The van der Waals surface area contributed by atoms with E-state index in [1.54, 1.807) is 6.20 Å². The first-order valence-electron chi connectivity index (χ1n) is 6.43. The maximum atomic E-state index is 4.16. The zero-order valence-corrected chi connectivity index (χ0v) is 10.9. The van der Waals surface area contributed by atoms with Gasteiger partial charge >= 0.3 is 0 Å². The lowest BCUT2D eigenvalue weighted by Crippen LogP contribution is -2.36. The molecule has 1 aliphatic rings. The summed E-state index contributed by atoms with van der Waals surface area (Å²) in [5.74, 6) is 0. The van der Waals surface area contributed by atoms with Crippen LogP contribution >= 0.6 is 0 Å². The van der Waals surface area contributed by atoms with Gasteiger partial charge in [0.1, 0.15) is 0 Å². The fourth-order valence-electron chi connectivity index (χ4n) is 2.87. The molecule has 1 atom stereocenters. The fraction of sp³-hybridized carbons (Fsp3) is 0.312. The van der Waals surface area contributed by atoms with Crippen LogP contribution in [0.2, 0.25) is 0 Å². The first-order valence-corrected chi connectivity index (χ1v) is 6.43. The number of hydrogen-bond acceptors (Lipinski definition) is 2. The Morgan fingerprint density at radius 1 is 1.17 bits per heavy atom. The second kappa shape index (κ2) is 4.13. The summed E-state index contributed by atoms with van der Waals surface area (Å²) in [6.45, 7) is 4.62. The summed E-state index contributed by atoms with van der Waals surface area (Å²) < 4.78 is 0. The molecule has 0 radical (unpaired) electrons. The van der Waals surface area contributed by atoms with Crippen LogP contribution in [-0.4, -0.2) is 11.0 Å². The van der Waals surface area contributed by atoms with Crippen molar-refractivity contribution in [2.75, 3.05) is 5.32 Å². The third-order valence-electron chi connectivity index (χ3n) is 4.01. The Kier molecular flexibility index (Phi) is 2.58. The molecule has 1 aliphatic carbocycles. The molecule has 92 valence electrons.